The van der Waals surface area contributed by atoms with Gasteiger partial charge in [0.2, 0.25) is 0 Å². The molecule has 0 N–H and O–H groups in total. The maximum Gasteiger partial charge on any atom is 0.0358 e. The van der Waals surface area contributed by atoms with Crippen molar-refractivity contribution in [1.29, 1.82) is 0 Å². The molecule has 3 aromatic rings. The molecule has 3 aliphatic carbocycles. The minimum absolute atomic E-state index is 0.273. The van der Waals surface area contributed by atoms with Crippen LogP contribution < -0.4 is 0 Å². The molecule has 0 amide bonds. The first-order chi connectivity index (χ1) is 12.8. The SMILES string of the molecule is SCc1cccc2c1C1c3c(CS)cccc3C2c2cccc(CS)c21. The Morgan fingerprint density at radius 2 is 0.846 bits per heavy atom. The lowest BCUT2D eigenvalue weighted by Crippen LogP contribution is -2.30. The molecule has 0 saturated carbocycles. The first kappa shape index (κ1) is 16.9. The van der Waals surface area contributed by atoms with Crippen molar-refractivity contribution in [3.05, 3.63) is 105 Å². The first-order valence-electron chi connectivity index (χ1n) is 8.97. The molecule has 0 spiro atoms. The predicted octanol–water partition coefficient (Wildman–Crippen LogP) is 5.96. The highest BCUT2D eigenvalue weighted by Gasteiger charge is 2.43. The fourth-order valence-corrected chi connectivity index (χ4v) is 5.89. The Labute approximate surface area is 171 Å². The van der Waals surface area contributed by atoms with Crippen LogP contribution in [-0.2, 0) is 17.3 Å². The number of thiol groups is 3. The summed E-state index contributed by atoms with van der Waals surface area (Å²) >= 11 is 13.9. The van der Waals surface area contributed by atoms with Crippen molar-refractivity contribution in [2.75, 3.05) is 0 Å². The molecule has 26 heavy (non-hydrogen) atoms. The van der Waals surface area contributed by atoms with Gasteiger partial charge in [0.25, 0.3) is 0 Å². The van der Waals surface area contributed by atoms with Crippen LogP contribution in [0.15, 0.2) is 54.6 Å². The second-order valence-electron chi connectivity index (χ2n) is 7.10. The zero-order valence-corrected chi connectivity index (χ0v) is 17.0. The van der Waals surface area contributed by atoms with Gasteiger partial charge in [-0.1, -0.05) is 54.6 Å². The summed E-state index contributed by atoms with van der Waals surface area (Å²) in [4.78, 5) is 0. The molecule has 2 bridgehead atoms. The highest BCUT2D eigenvalue weighted by atomic mass is 32.1. The lowest BCUT2D eigenvalue weighted by Gasteiger charge is -2.45. The minimum Gasteiger partial charge on any atom is -0.175 e. The molecule has 3 aromatic carbocycles. The molecule has 6 rings (SSSR count). The van der Waals surface area contributed by atoms with E-state index in [9.17, 15) is 0 Å². The van der Waals surface area contributed by atoms with Gasteiger partial charge in [-0.05, 0) is 50.1 Å². The van der Waals surface area contributed by atoms with Crippen LogP contribution in [0.4, 0.5) is 0 Å². The Morgan fingerprint density at radius 3 is 1.15 bits per heavy atom. The summed E-state index contributed by atoms with van der Waals surface area (Å²) in [5.74, 6) is 2.88. The van der Waals surface area contributed by atoms with E-state index in [4.69, 9.17) is 0 Å². The Bertz CT molecular complexity index is 890. The summed E-state index contributed by atoms with van der Waals surface area (Å²) in [7, 11) is 0. The molecule has 0 radical (unpaired) electrons. The van der Waals surface area contributed by atoms with Gasteiger partial charge in [-0.3, -0.25) is 0 Å². The molecule has 0 fully saturated rings. The first-order valence-corrected chi connectivity index (χ1v) is 10.9. The van der Waals surface area contributed by atoms with Crippen LogP contribution in [0.25, 0.3) is 0 Å². The monoisotopic (exact) mass is 392 g/mol. The van der Waals surface area contributed by atoms with Gasteiger partial charge in [-0.2, -0.15) is 37.9 Å². The van der Waals surface area contributed by atoms with E-state index in [-0.39, 0.29) is 5.92 Å². The highest BCUT2D eigenvalue weighted by Crippen LogP contribution is 2.58. The van der Waals surface area contributed by atoms with E-state index in [2.05, 4.69) is 92.5 Å². The Kier molecular flexibility index (Phi) is 4.15. The third-order valence-electron chi connectivity index (χ3n) is 6.00. The summed E-state index contributed by atoms with van der Waals surface area (Å²) in [6.07, 6.45) is 0. The molecule has 130 valence electrons. The molecule has 0 atom stereocenters. The van der Waals surface area contributed by atoms with Gasteiger partial charge < -0.3 is 0 Å². The Hall–Kier alpha value is -1.29. The molecule has 3 heteroatoms. The summed E-state index contributed by atoms with van der Waals surface area (Å²) in [6, 6.07) is 20.2. The largest absolute Gasteiger partial charge is 0.175 e. The molecular formula is C23H20S3. The van der Waals surface area contributed by atoms with Crippen molar-refractivity contribution >= 4 is 37.9 Å². The van der Waals surface area contributed by atoms with E-state index < -0.39 is 0 Å². The minimum atomic E-state index is 0.273. The van der Waals surface area contributed by atoms with Crippen molar-refractivity contribution in [3.63, 3.8) is 0 Å². The van der Waals surface area contributed by atoms with Crippen molar-refractivity contribution in [2.24, 2.45) is 0 Å². The van der Waals surface area contributed by atoms with E-state index in [0.717, 1.165) is 17.3 Å². The maximum atomic E-state index is 4.65. The Morgan fingerprint density at radius 1 is 0.500 bits per heavy atom. The van der Waals surface area contributed by atoms with Gasteiger partial charge in [0.05, 0.1) is 0 Å². The molecule has 0 aliphatic heterocycles. The fourth-order valence-electron chi connectivity index (χ4n) is 5.06. The molecular weight excluding hydrogens is 372 g/mol. The average molecular weight is 393 g/mol. The lowest BCUT2D eigenvalue weighted by atomic mass is 9.59. The van der Waals surface area contributed by atoms with Gasteiger partial charge in [0.1, 0.15) is 0 Å². The number of rotatable bonds is 3. The smallest absolute Gasteiger partial charge is 0.0358 e. The third-order valence-corrected chi connectivity index (χ3v) is 7.02. The van der Waals surface area contributed by atoms with Gasteiger partial charge in [0, 0.05) is 29.1 Å². The third kappa shape index (κ3) is 2.14. The van der Waals surface area contributed by atoms with Crippen molar-refractivity contribution in [3.8, 4) is 0 Å². The van der Waals surface area contributed by atoms with Gasteiger partial charge in [-0.25, -0.2) is 0 Å². The van der Waals surface area contributed by atoms with Gasteiger partial charge in [0.15, 0.2) is 0 Å². The molecule has 0 unspecified atom stereocenters. The van der Waals surface area contributed by atoms with E-state index in [0.29, 0.717) is 5.92 Å². The van der Waals surface area contributed by atoms with Crippen LogP contribution in [0.5, 0.6) is 0 Å². The lowest BCUT2D eigenvalue weighted by molar-refractivity contribution is 0.735. The normalized spacial score (nSPS) is 19.0. The van der Waals surface area contributed by atoms with E-state index in [1.807, 2.05) is 0 Å². The van der Waals surface area contributed by atoms with Crippen LogP contribution in [0.1, 0.15) is 61.9 Å². The number of hydrogen-bond donors (Lipinski definition) is 3. The molecule has 0 heterocycles. The van der Waals surface area contributed by atoms with Gasteiger partial charge in [-0.15, -0.1) is 0 Å². The highest BCUT2D eigenvalue weighted by molar-refractivity contribution is 7.79. The second kappa shape index (κ2) is 6.40. The summed E-state index contributed by atoms with van der Waals surface area (Å²) in [5, 5.41) is 0. The molecule has 0 aromatic heterocycles. The van der Waals surface area contributed by atoms with Crippen molar-refractivity contribution in [1.82, 2.24) is 0 Å². The molecule has 3 aliphatic rings. The van der Waals surface area contributed by atoms with Crippen molar-refractivity contribution < 1.29 is 0 Å². The van der Waals surface area contributed by atoms with Crippen LogP contribution in [-0.4, -0.2) is 0 Å². The Balaban J connectivity index is 1.93. The summed E-state index contributed by atoms with van der Waals surface area (Å²) < 4.78 is 0. The molecule has 0 nitrogen and oxygen atoms in total. The summed E-state index contributed by atoms with van der Waals surface area (Å²) in [6.45, 7) is 0. The number of benzene rings is 3. The van der Waals surface area contributed by atoms with E-state index in [1.54, 1.807) is 0 Å². The van der Waals surface area contributed by atoms with Crippen LogP contribution in [0.2, 0.25) is 0 Å². The zero-order valence-electron chi connectivity index (χ0n) is 14.3. The van der Waals surface area contributed by atoms with Gasteiger partial charge >= 0.3 is 0 Å². The second-order valence-corrected chi connectivity index (χ2v) is 8.05. The van der Waals surface area contributed by atoms with Crippen LogP contribution in [0, 0.1) is 0 Å². The van der Waals surface area contributed by atoms with E-state index >= 15 is 0 Å². The van der Waals surface area contributed by atoms with Crippen LogP contribution >= 0.6 is 37.9 Å². The standard InChI is InChI=1S/C23H20S3/c24-10-13-4-1-7-16-19(13)23-20-14(11-25)5-2-8-17(20)22(16)18-9-3-6-15(12-26)21(18)23/h1-9,22-26H,10-12H2. The topological polar surface area (TPSA) is 0 Å². The quantitative estimate of drug-likeness (QED) is 0.310. The predicted molar refractivity (Wildman–Crippen MR) is 119 cm³/mol. The average Bonchev–Trinajstić information content (AvgIpc) is 2.71. The maximum absolute atomic E-state index is 4.65. The molecule has 0 saturated heterocycles. The van der Waals surface area contributed by atoms with Crippen molar-refractivity contribution in [2.45, 2.75) is 29.1 Å². The summed E-state index contributed by atoms with van der Waals surface area (Å²) in [5.41, 5.74) is 12.8. The van der Waals surface area contributed by atoms with E-state index in [1.165, 1.54) is 50.1 Å². The van der Waals surface area contributed by atoms with Crippen LogP contribution in [0.3, 0.4) is 0 Å². The number of hydrogen-bond acceptors (Lipinski definition) is 3. The zero-order chi connectivity index (χ0) is 17.8. The fraction of sp³-hybridized carbons (Fsp3) is 0.217.